The van der Waals surface area contributed by atoms with E-state index < -0.39 is 0 Å². The second-order valence-electron chi connectivity index (χ2n) is 5.18. The van der Waals surface area contributed by atoms with Crippen LogP contribution in [0.5, 0.6) is 0 Å². The van der Waals surface area contributed by atoms with Gasteiger partial charge in [0, 0.05) is 12.4 Å². The van der Waals surface area contributed by atoms with E-state index in [-0.39, 0.29) is 5.82 Å². The molecule has 3 nitrogen and oxygen atoms in total. The highest BCUT2D eigenvalue weighted by atomic mass is 35.5. The van der Waals surface area contributed by atoms with E-state index in [9.17, 15) is 4.39 Å². The Hall–Kier alpha value is -0.900. The predicted molar refractivity (Wildman–Crippen MR) is 76.0 cm³/mol. The van der Waals surface area contributed by atoms with Crippen molar-refractivity contribution in [3.8, 4) is 0 Å². The van der Waals surface area contributed by atoms with Crippen molar-refractivity contribution >= 4 is 17.4 Å². The molecule has 1 aromatic heterocycles. The summed E-state index contributed by atoms with van der Waals surface area (Å²) in [5.74, 6) is 1.76. The highest BCUT2D eigenvalue weighted by molar-refractivity contribution is 6.18. The summed E-state index contributed by atoms with van der Waals surface area (Å²) in [6, 6.07) is 0. The van der Waals surface area contributed by atoms with Crippen LogP contribution in [0.25, 0.3) is 0 Å². The van der Waals surface area contributed by atoms with Gasteiger partial charge in [-0.25, -0.2) is 14.4 Å². The third-order valence-corrected chi connectivity index (χ3v) is 4.39. The number of aromatic nitrogens is 2. The number of nitrogens with one attached hydrogen (secondary N) is 1. The quantitative estimate of drug-likeness (QED) is 0.840. The van der Waals surface area contributed by atoms with Crippen molar-refractivity contribution in [2.75, 3.05) is 17.7 Å². The Morgan fingerprint density at radius 2 is 2.05 bits per heavy atom. The van der Waals surface area contributed by atoms with E-state index in [2.05, 4.69) is 15.3 Å². The van der Waals surface area contributed by atoms with Crippen LogP contribution in [0.1, 0.15) is 38.3 Å². The van der Waals surface area contributed by atoms with Crippen LogP contribution < -0.4 is 5.32 Å². The molecule has 1 fully saturated rings. The molecule has 1 aliphatic rings. The normalized spacial score (nSPS) is 23.3. The molecule has 0 radical (unpaired) electrons. The summed E-state index contributed by atoms with van der Waals surface area (Å²) in [5, 5.41) is 3.14. The maximum Gasteiger partial charge on any atom is 0.186 e. The van der Waals surface area contributed by atoms with Gasteiger partial charge in [-0.3, -0.25) is 0 Å². The maximum absolute atomic E-state index is 14.0. The molecule has 1 aromatic rings. The first-order chi connectivity index (χ1) is 9.26. The lowest BCUT2D eigenvalue weighted by Gasteiger charge is -2.30. The van der Waals surface area contributed by atoms with Crippen LogP contribution in [0.2, 0.25) is 0 Å². The lowest BCUT2D eigenvalue weighted by atomic mass is 9.80. The summed E-state index contributed by atoms with van der Waals surface area (Å²) < 4.78 is 14.0. The first kappa shape index (κ1) is 14.5. The van der Waals surface area contributed by atoms with Crippen LogP contribution in [-0.4, -0.2) is 22.4 Å². The number of nitrogens with zero attached hydrogens (tertiary/aromatic N) is 2. The molecule has 0 aliphatic heterocycles. The zero-order chi connectivity index (χ0) is 13.7. The highest BCUT2D eigenvalue weighted by Gasteiger charge is 2.24. The minimum atomic E-state index is -0.316. The zero-order valence-corrected chi connectivity index (χ0v) is 12.1. The topological polar surface area (TPSA) is 37.8 Å². The van der Waals surface area contributed by atoms with E-state index >= 15 is 0 Å². The summed E-state index contributed by atoms with van der Waals surface area (Å²) in [6.07, 6.45) is 6.85. The first-order valence-electron chi connectivity index (χ1n) is 7.05. The Bertz CT molecular complexity index is 414. The van der Waals surface area contributed by atoms with Gasteiger partial charge in [0.1, 0.15) is 6.33 Å². The summed E-state index contributed by atoms with van der Waals surface area (Å²) in [6.45, 7) is 2.63. The number of rotatable bonds is 5. The van der Waals surface area contributed by atoms with Crippen LogP contribution in [0.3, 0.4) is 0 Å². The van der Waals surface area contributed by atoms with Gasteiger partial charge in [-0.05, 0) is 31.1 Å². The van der Waals surface area contributed by atoms with Crippen LogP contribution in [0.4, 0.5) is 10.2 Å². The van der Waals surface area contributed by atoms with E-state index in [1.54, 1.807) is 0 Å². The van der Waals surface area contributed by atoms with Crippen LogP contribution in [0.15, 0.2) is 6.33 Å². The maximum atomic E-state index is 14.0. The summed E-state index contributed by atoms with van der Waals surface area (Å²) in [4.78, 5) is 7.93. The van der Waals surface area contributed by atoms with E-state index in [1.165, 1.54) is 25.6 Å². The van der Waals surface area contributed by atoms with Crippen molar-refractivity contribution in [2.45, 2.75) is 39.0 Å². The van der Waals surface area contributed by atoms with Crippen molar-refractivity contribution in [3.05, 3.63) is 17.8 Å². The molecule has 106 valence electrons. The molecule has 0 bridgehead atoms. The molecule has 0 amide bonds. The molecule has 2 unspecified atom stereocenters. The molecule has 2 rings (SSSR count). The molecule has 0 saturated heterocycles. The predicted octanol–water partition coefficient (Wildman–Crippen LogP) is 3.64. The molecule has 2 atom stereocenters. The number of alkyl halides is 1. The average molecular weight is 286 g/mol. The minimum absolute atomic E-state index is 0.316. The molecule has 0 aromatic carbocycles. The van der Waals surface area contributed by atoms with Gasteiger partial charge < -0.3 is 5.32 Å². The fourth-order valence-electron chi connectivity index (χ4n) is 2.76. The lowest BCUT2D eigenvalue weighted by molar-refractivity contribution is 0.271. The highest BCUT2D eigenvalue weighted by Crippen LogP contribution is 2.31. The van der Waals surface area contributed by atoms with Crippen molar-refractivity contribution in [2.24, 2.45) is 11.8 Å². The van der Waals surface area contributed by atoms with Gasteiger partial charge in [-0.15, -0.1) is 11.6 Å². The number of halogens is 2. The first-order valence-corrected chi connectivity index (χ1v) is 7.58. The van der Waals surface area contributed by atoms with Crippen molar-refractivity contribution in [1.29, 1.82) is 0 Å². The average Bonchev–Trinajstić information content (AvgIpc) is 2.46. The second kappa shape index (κ2) is 7.04. The molecular weight excluding hydrogens is 265 g/mol. The van der Waals surface area contributed by atoms with Crippen LogP contribution in [-0.2, 0) is 6.42 Å². The fourth-order valence-corrected chi connectivity index (χ4v) is 3.17. The SMILES string of the molecule is CCc1ncnc(NCC2CCCCC2CCl)c1F. The van der Waals surface area contributed by atoms with Gasteiger partial charge in [0.25, 0.3) is 0 Å². The molecular formula is C14H21ClFN3. The van der Waals surface area contributed by atoms with Gasteiger partial charge in [0.05, 0.1) is 5.69 Å². The number of aryl methyl sites for hydroxylation is 1. The summed E-state index contributed by atoms with van der Waals surface area (Å²) in [5.41, 5.74) is 0.468. The van der Waals surface area contributed by atoms with Crippen molar-refractivity contribution in [3.63, 3.8) is 0 Å². The molecule has 1 N–H and O–H groups in total. The number of hydrogen-bond donors (Lipinski definition) is 1. The third kappa shape index (κ3) is 3.56. The molecule has 1 heterocycles. The lowest BCUT2D eigenvalue weighted by Crippen LogP contribution is -2.28. The zero-order valence-electron chi connectivity index (χ0n) is 11.3. The Balaban J connectivity index is 1.98. The minimum Gasteiger partial charge on any atom is -0.367 e. The van der Waals surface area contributed by atoms with Gasteiger partial charge in [0.2, 0.25) is 0 Å². The Labute approximate surface area is 119 Å². The van der Waals surface area contributed by atoms with Crippen LogP contribution in [0, 0.1) is 17.7 Å². The third-order valence-electron chi connectivity index (χ3n) is 3.99. The monoisotopic (exact) mass is 285 g/mol. The van der Waals surface area contributed by atoms with Gasteiger partial charge in [-0.2, -0.15) is 0 Å². The Kier molecular flexibility index (Phi) is 5.37. The van der Waals surface area contributed by atoms with Gasteiger partial charge in [-0.1, -0.05) is 19.8 Å². The van der Waals surface area contributed by atoms with Crippen molar-refractivity contribution < 1.29 is 4.39 Å². The number of hydrogen-bond acceptors (Lipinski definition) is 3. The molecule has 1 aliphatic carbocycles. The van der Waals surface area contributed by atoms with E-state index in [0.29, 0.717) is 35.6 Å². The molecule has 0 spiro atoms. The summed E-state index contributed by atoms with van der Waals surface area (Å²) >= 11 is 6.01. The standard InChI is InChI=1S/C14H21ClFN3/c1-2-12-13(16)14(19-9-18-12)17-8-11-6-4-3-5-10(11)7-15/h9-11H,2-8H2,1H3,(H,17,18,19). The largest absolute Gasteiger partial charge is 0.367 e. The Morgan fingerprint density at radius 3 is 2.74 bits per heavy atom. The summed E-state index contributed by atoms with van der Waals surface area (Å²) in [7, 11) is 0. The van der Waals surface area contributed by atoms with Gasteiger partial charge >= 0.3 is 0 Å². The molecule has 5 heteroatoms. The van der Waals surface area contributed by atoms with Crippen molar-refractivity contribution in [1.82, 2.24) is 9.97 Å². The second-order valence-corrected chi connectivity index (χ2v) is 5.48. The van der Waals surface area contributed by atoms with E-state index in [1.807, 2.05) is 6.92 Å². The van der Waals surface area contributed by atoms with E-state index in [4.69, 9.17) is 11.6 Å². The fraction of sp³-hybridized carbons (Fsp3) is 0.714. The van der Waals surface area contributed by atoms with E-state index in [0.717, 1.165) is 13.0 Å². The van der Waals surface area contributed by atoms with Gasteiger partial charge in [0.15, 0.2) is 11.6 Å². The Morgan fingerprint density at radius 1 is 1.32 bits per heavy atom. The van der Waals surface area contributed by atoms with Crippen LogP contribution >= 0.6 is 11.6 Å². The molecule has 19 heavy (non-hydrogen) atoms. The number of anilines is 1. The molecule has 1 saturated carbocycles. The smallest absolute Gasteiger partial charge is 0.186 e.